The first-order valence-electron chi connectivity index (χ1n) is 26.6. The van der Waals surface area contributed by atoms with Crippen LogP contribution in [-0.2, 0) is 44.2 Å². The topological polar surface area (TPSA) is 213 Å². The van der Waals surface area contributed by atoms with Crippen LogP contribution in [0.4, 0.5) is 24.5 Å². The van der Waals surface area contributed by atoms with Crippen LogP contribution in [0, 0.1) is 0 Å². The zero-order valence-electron chi connectivity index (χ0n) is 44.6. The van der Waals surface area contributed by atoms with E-state index in [-0.39, 0.29) is 99.6 Å². The predicted molar refractivity (Wildman–Crippen MR) is 297 cm³/mol. The molecule has 3 aromatic heterocycles. The fourth-order valence-electron chi connectivity index (χ4n) is 9.95. The van der Waals surface area contributed by atoms with Gasteiger partial charge in [0.1, 0.15) is 6.04 Å². The number of alkyl halides is 3. The van der Waals surface area contributed by atoms with Gasteiger partial charge in [-0.2, -0.15) is 13.2 Å². The van der Waals surface area contributed by atoms with E-state index in [4.69, 9.17) is 23.7 Å². The molecule has 2 saturated heterocycles. The maximum atomic E-state index is 15.0. The lowest BCUT2D eigenvalue weighted by molar-refractivity contribution is -0.138. The van der Waals surface area contributed by atoms with E-state index in [1.807, 2.05) is 42.5 Å². The number of hydrogen-bond donors (Lipinski definition) is 2. The maximum absolute atomic E-state index is 15.0. The van der Waals surface area contributed by atoms with Crippen molar-refractivity contribution in [1.82, 2.24) is 29.7 Å². The van der Waals surface area contributed by atoms with Gasteiger partial charge in [0.25, 0.3) is 11.5 Å². The highest BCUT2D eigenvalue weighted by Gasteiger charge is 2.37. The summed E-state index contributed by atoms with van der Waals surface area (Å²) in [7, 11) is 1.46. The Morgan fingerprint density at radius 1 is 0.753 bits per heavy atom. The number of fused-ring (bicyclic) bond motifs is 4. The smallest absolute Gasteiger partial charge is 0.382 e. The van der Waals surface area contributed by atoms with E-state index in [1.165, 1.54) is 40.8 Å². The van der Waals surface area contributed by atoms with Crippen LogP contribution in [0.3, 0.4) is 0 Å². The molecule has 9 rings (SSSR count). The molecule has 2 aliphatic rings. The fraction of sp³-hybridized carbons (Fsp3) is 0.356. The van der Waals surface area contributed by atoms with Crippen molar-refractivity contribution in [2.45, 2.75) is 31.5 Å². The second-order valence-corrected chi connectivity index (χ2v) is 19.3. The number of rotatable bonds is 25. The molecule has 81 heavy (non-hydrogen) atoms. The van der Waals surface area contributed by atoms with Crippen molar-refractivity contribution in [3.8, 4) is 16.8 Å². The van der Waals surface area contributed by atoms with Gasteiger partial charge < -0.3 is 43.7 Å². The van der Waals surface area contributed by atoms with Crippen LogP contribution in [-0.4, -0.2) is 166 Å². The van der Waals surface area contributed by atoms with Crippen molar-refractivity contribution in [1.29, 1.82) is 0 Å². The van der Waals surface area contributed by atoms with Gasteiger partial charge in [-0.25, -0.2) is 0 Å². The Hall–Kier alpha value is -8.15. The first-order valence-corrected chi connectivity index (χ1v) is 26.6. The van der Waals surface area contributed by atoms with Crippen LogP contribution in [0.2, 0.25) is 0 Å². The van der Waals surface area contributed by atoms with Gasteiger partial charge in [0.05, 0.1) is 106 Å². The number of nitrogens with zero attached hydrogens (tertiary/aromatic N) is 6. The van der Waals surface area contributed by atoms with Crippen molar-refractivity contribution in [3.63, 3.8) is 0 Å². The number of carbonyl (C=O) groups excluding carboxylic acids is 5. The normalized spacial score (nSPS) is 14.9. The lowest BCUT2D eigenvalue weighted by Crippen LogP contribution is -2.53. The van der Waals surface area contributed by atoms with Crippen molar-refractivity contribution in [3.05, 3.63) is 137 Å². The fourth-order valence-corrected chi connectivity index (χ4v) is 9.95. The van der Waals surface area contributed by atoms with Crippen LogP contribution < -0.4 is 21.1 Å². The lowest BCUT2D eigenvalue weighted by Gasteiger charge is -2.37. The average Bonchev–Trinajstić information content (AvgIpc) is 3.64. The van der Waals surface area contributed by atoms with Crippen molar-refractivity contribution in [2.24, 2.45) is 0 Å². The highest BCUT2D eigenvalue weighted by Crippen LogP contribution is 2.39. The molecular formula is C59H61F3N8O11. The summed E-state index contributed by atoms with van der Waals surface area (Å²) in [5, 5.41) is 8.51. The molecule has 19 nitrogen and oxygen atoms in total. The van der Waals surface area contributed by atoms with E-state index in [2.05, 4.69) is 20.6 Å². The molecule has 2 fully saturated rings. The molecule has 2 aliphatic heterocycles. The monoisotopic (exact) mass is 1110 g/mol. The van der Waals surface area contributed by atoms with Crippen LogP contribution in [0.1, 0.15) is 45.5 Å². The third-order valence-corrected chi connectivity index (χ3v) is 14.2. The maximum Gasteiger partial charge on any atom is 0.418 e. The van der Waals surface area contributed by atoms with E-state index in [1.54, 1.807) is 46.6 Å². The van der Waals surface area contributed by atoms with Crippen LogP contribution >= 0.6 is 0 Å². The number of aldehydes is 1. The first kappa shape index (κ1) is 57.5. The van der Waals surface area contributed by atoms with Gasteiger partial charge in [0.15, 0.2) is 6.29 Å². The largest absolute Gasteiger partial charge is 0.418 e. The molecule has 2 N–H and O–H groups in total. The molecule has 4 aromatic carbocycles. The van der Waals surface area contributed by atoms with E-state index in [9.17, 15) is 41.9 Å². The summed E-state index contributed by atoms with van der Waals surface area (Å²) < 4.78 is 74.1. The summed E-state index contributed by atoms with van der Waals surface area (Å²) in [6.45, 7) is 4.12. The summed E-state index contributed by atoms with van der Waals surface area (Å²) in [6, 6.07) is 24.5. The Morgan fingerprint density at radius 3 is 2.14 bits per heavy atom. The number of piperazine rings is 1. The number of aromatic nitrogens is 3. The average molecular weight is 1120 g/mol. The number of pyridine rings is 3. The van der Waals surface area contributed by atoms with Gasteiger partial charge in [-0.05, 0) is 83.6 Å². The highest BCUT2D eigenvalue weighted by molar-refractivity contribution is 6.08. The molecule has 4 amide bonds. The second-order valence-electron chi connectivity index (χ2n) is 19.3. The third kappa shape index (κ3) is 14.1. The molecule has 424 valence electrons. The Balaban J connectivity index is 0.646. The number of imide groups is 1. The van der Waals surface area contributed by atoms with Crippen LogP contribution in [0.25, 0.3) is 49.4 Å². The molecule has 5 heterocycles. The second kappa shape index (κ2) is 26.9. The van der Waals surface area contributed by atoms with Crippen molar-refractivity contribution >= 4 is 73.9 Å². The molecule has 22 heteroatoms. The van der Waals surface area contributed by atoms with Crippen LogP contribution in [0.15, 0.2) is 114 Å². The standard InChI is InChI=1S/C59H61F3N8O11/c1-67(52-12-13-53(72)66-57(52)75)58(76)45-3-2-4-49(47(45)38-71)64-18-24-78-26-28-80-30-32-81-31-29-79-27-25-77-23-16-54(73)69-21-19-68(20-22-69)51-11-9-44(35-48(51)59(60,61)62)70-55(74)14-8-42-37-65-50-10-7-41(34-46(50)56(42)70)40-6-5-39-15-17-63-36-43(39)33-40/h2-11,14-15,17,33-38,52,64H,12-13,16,18-32H2,1H3,(H,66,72,75). The molecule has 0 bridgehead atoms. The van der Waals surface area contributed by atoms with Crippen molar-refractivity contribution in [2.75, 3.05) is 116 Å². The minimum absolute atomic E-state index is 0.0347. The number of piperidine rings is 1. The number of halogens is 3. The number of ether oxygens (including phenoxy) is 5. The number of likely N-dealkylation sites (N-methyl/N-ethyl adjacent to an activating group) is 1. The Morgan fingerprint density at radius 2 is 1.43 bits per heavy atom. The summed E-state index contributed by atoms with van der Waals surface area (Å²) >= 11 is 0. The Kier molecular flexibility index (Phi) is 19.1. The van der Waals surface area contributed by atoms with E-state index in [0.29, 0.717) is 86.6 Å². The minimum Gasteiger partial charge on any atom is -0.382 e. The van der Waals surface area contributed by atoms with Gasteiger partial charge in [-0.15, -0.1) is 0 Å². The first-order chi connectivity index (χ1) is 39.3. The van der Waals surface area contributed by atoms with Gasteiger partial charge in [0.2, 0.25) is 17.7 Å². The summed E-state index contributed by atoms with van der Waals surface area (Å²) in [4.78, 5) is 89.2. The highest BCUT2D eigenvalue weighted by atomic mass is 19.4. The van der Waals surface area contributed by atoms with Crippen LogP contribution in [0.5, 0.6) is 0 Å². The number of hydrogen-bond acceptors (Lipinski definition) is 15. The molecule has 0 saturated carbocycles. The third-order valence-electron chi connectivity index (χ3n) is 14.2. The molecule has 0 radical (unpaired) electrons. The van der Waals surface area contributed by atoms with Gasteiger partial charge in [-0.3, -0.25) is 48.6 Å². The van der Waals surface area contributed by atoms with Crippen molar-refractivity contribution < 1.29 is 60.8 Å². The molecule has 1 atom stereocenters. The molecule has 1 unspecified atom stereocenters. The van der Waals surface area contributed by atoms with E-state index < -0.39 is 35.2 Å². The summed E-state index contributed by atoms with van der Waals surface area (Å²) in [6.07, 6.45) is 1.37. The summed E-state index contributed by atoms with van der Waals surface area (Å²) in [5.74, 6) is -1.62. The summed E-state index contributed by atoms with van der Waals surface area (Å²) in [5.41, 5.74) is 2.13. The number of benzene rings is 4. The number of carbonyl (C=O) groups is 5. The Bertz CT molecular complexity index is 3480. The molecule has 0 spiro atoms. The number of amides is 4. The molecule has 0 aliphatic carbocycles. The lowest BCUT2D eigenvalue weighted by atomic mass is 9.99. The molecular weight excluding hydrogens is 1050 g/mol. The predicted octanol–water partition coefficient (Wildman–Crippen LogP) is 6.70. The van der Waals surface area contributed by atoms with Gasteiger partial charge >= 0.3 is 6.18 Å². The van der Waals surface area contributed by atoms with Gasteiger partial charge in [0, 0.05) is 98.4 Å². The molecule has 7 aromatic rings. The zero-order chi connectivity index (χ0) is 56.9. The quantitative estimate of drug-likeness (QED) is 0.0264. The number of nitrogens with one attached hydrogen (secondary N) is 2. The number of anilines is 2. The minimum atomic E-state index is -4.75. The van der Waals surface area contributed by atoms with E-state index in [0.717, 1.165) is 28.0 Å². The van der Waals surface area contributed by atoms with Gasteiger partial charge in [-0.1, -0.05) is 24.3 Å². The Labute approximate surface area is 463 Å². The SMILES string of the molecule is CN(C(=O)c1cccc(NCCOCCOCCOCCOCCOCCC(=O)N2CCN(c3ccc(-n4c(=O)ccc5cnc6ccc(-c7ccc8ccncc8c7)cc6c54)cc3C(F)(F)F)CC2)c1C=O)C1CCC(=O)NC1=O. The van der Waals surface area contributed by atoms with E-state index >= 15 is 0 Å². The zero-order valence-corrected chi connectivity index (χ0v) is 44.6.